The van der Waals surface area contributed by atoms with Gasteiger partial charge in [0.15, 0.2) is 0 Å². The molecule has 2 N–H and O–H groups in total. The molecule has 0 saturated carbocycles. The molecule has 0 heterocycles. The van der Waals surface area contributed by atoms with Crippen molar-refractivity contribution < 1.29 is 4.79 Å². The largest absolute Gasteiger partial charge is 0.398 e. The smallest absolute Gasteiger partial charge is 0.237 e. The lowest BCUT2D eigenvalue weighted by atomic mass is 10.0. The fraction of sp³-hybridized carbons (Fsp3) is 0.438. The average molecular weight is 369 g/mol. The van der Waals surface area contributed by atoms with Gasteiger partial charge in [-0.2, -0.15) is 0 Å². The SMILES string of the molecule is CCN(C(=O)CSc1ccc(Br)cc1N)C1=CCCCC1. The summed E-state index contributed by atoms with van der Waals surface area (Å²) >= 11 is 4.90. The molecule has 0 fully saturated rings. The van der Waals surface area contributed by atoms with Crippen molar-refractivity contribution in [2.75, 3.05) is 18.0 Å². The van der Waals surface area contributed by atoms with Crippen LogP contribution in [-0.2, 0) is 4.79 Å². The third-order valence-corrected chi connectivity index (χ3v) is 5.12. The number of hydrogen-bond donors (Lipinski definition) is 1. The predicted molar refractivity (Wildman–Crippen MR) is 93.2 cm³/mol. The predicted octanol–water partition coefficient (Wildman–Crippen LogP) is 4.43. The van der Waals surface area contributed by atoms with Gasteiger partial charge in [0, 0.05) is 27.3 Å². The Labute approximate surface area is 139 Å². The van der Waals surface area contributed by atoms with Crippen molar-refractivity contribution >= 4 is 39.3 Å². The first-order chi connectivity index (χ1) is 10.1. The number of carbonyl (C=O) groups excluding carboxylic acids is 1. The zero-order valence-electron chi connectivity index (χ0n) is 12.3. The number of nitrogens with zero attached hydrogens (tertiary/aromatic N) is 1. The van der Waals surface area contributed by atoms with Crippen LogP contribution in [-0.4, -0.2) is 23.1 Å². The van der Waals surface area contributed by atoms with E-state index in [0.29, 0.717) is 11.4 Å². The molecule has 1 aromatic carbocycles. The molecule has 21 heavy (non-hydrogen) atoms. The third-order valence-electron chi connectivity index (χ3n) is 3.55. The van der Waals surface area contributed by atoms with E-state index in [0.717, 1.165) is 28.8 Å². The lowest BCUT2D eigenvalue weighted by Crippen LogP contribution is -2.32. The number of rotatable bonds is 5. The van der Waals surface area contributed by atoms with Gasteiger partial charge in [0.2, 0.25) is 5.91 Å². The van der Waals surface area contributed by atoms with E-state index in [1.165, 1.54) is 30.3 Å². The van der Waals surface area contributed by atoms with Crippen LogP contribution in [0, 0.1) is 0 Å². The Kier molecular flexibility index (Phi) is 6.18. The first kappa shape index (κ1) is 16.4. The molecule has 1 aliphatic carbocycles. The minimum absolute atomic E-state index is 0.165. The van der Waals surface area contributed by atoms with Crippen molar-refractivity contribution in [3.63, 3.8) is 0 Å². The number of halogens is 1. The average Bonchev–Trinajstić information content (AvgIpc) is 2.48. The third kappa shape index (κ3) is 4.51. The molecule has 3 nitrogen and oxygen atoms in total. The van der Waals surface area contributed by atoms with E-state index in [1.807, 2.05) is 30.0 Å². The van der Waals surface area contributed by atoms with Gasteiger partial charge in [-0.15, -0.1) is 11.8 Å². The Morgan fingerprint density at radius 2 is 2.24 bits per heavy atom. The number of hydrogen-bond acceptors (Lipinski definition) is 3. The molecular weight excluding hydrogens is 348 g/mol. The van der Waals surface area contributed by atoms with Gasteiger partial charge in [-0.3, -0.25) is 4.79 Å². The number of anilines is 1. The summed E-state index contributed by atoms with van der Waals surface area (Å²) in [6, 6.07) is 5.77. The Bertz CT molecular complexity index is 545. The molecule has 1 amide bonds. The minimum atomic E-state index is 0.165. The number of benzene rings is 1. The zero-order valence-corrected chi connectivity index (χ0v) is 14.7. The molecule has 0 unspecified atom stereocenters. The van der Waals surface area contributed by atoms with Gasteiger partial charge < -0.3 is 10.6 Å². The Hall–Kier alpha value is -0.940. The fourth-order valence-electron chi connectivity index (χ4n) is 2.47. The molecule has 0 bridgehead atoms. The summed E-state index contributed by atoms with van der Waals surface area (Å²) < 4.78 is 0.957. The number of nitrogens with two attached hydrogens (primary N) is 1. The summed E-state index contributed by atoms with van der Waals surface area (Å²) in [5, 5.41) is 0. The van der Waals surface area contributed by atoms with E-state index < -0.39 is 0 Å². The van der Waals surface area contributed by atoms with Crippen LogP contribution in [0.4, 0.5) is 5.69 Å². The minimum Gasteiger partial charge on any atom is -0.398 e. The van der Waals surface area contributed by atoms with E-state index >= 15 is 0 Å². The Balaban J connectivity index is 1.97. The Morgan fingerprint density at radius 3 is 2.86 bits per heavy atom. The van der Waals surface area contributed by atoms with Crippen molar-refractivity contribution in [2.24, 2.45) is 0 Å². The second-order valence-corrected chi connectivity index (χ2v) is 6.98. The molecule has 0 radical (unpaired) electrons. The van der Waals surface area contributed by atoms with E-state index in [9.17, 15) is 4.79 Å². The van der Waals surface area contributed by atoms with Crippen LogP contribution in [0.3, 0.4) is 0 Å². The van der Waals surface area contributed by atoms with Crippen molar-refractivity contribution in [3.8, 4) is 0 Å². The van der Waals surface area contributed by atoms with Gasteiger partial charge in [-0.05, 0) is 50.8 Å². The van der Waals surface area contributed by atoms with E-state index in [1.54, 1.807) is 0 Å². The lowest BCUT2D eigenvalue weighted by Gasteiger charge is -2.26. The van der Waals surface area contributed by atoms with Gasteiger partial charge in [0.1, 0.15) is 0 Å². The molecule has 0 aromatic heterocycles. The summed E-state index contributed by atoms with van der Waals surface area (Å²) in [6.45, 7) is 2.77. The van der Waals surface area contributed by atoms with Gasteiger partial charge in [-0.1, -0.05) is 22.0 Å². The highest BCUT2D eigenvalue weighted by molar-refractivity contribution is 9.10. The van der Waals surface area contributed by atoms with Gasteiger partial charge in [0.25, 0.3) is 0 Å². The Morgan fingerprint density at radius 1 is 1.43 bits per heavy atom. The molecule has 2 rings (SSSR count). The van der Waals surface area contributed by atoms with Crippen LogP contribution in [0.2, 0.25) is 0 Å². The molecule has 114 valence electrons. The molecule has 0 aliphatic heterocycles. The first-order valence-corrected chi connectivity index (χ1v) is 9.07. The van der Waals surface area contributed by atoms with E-state index in [4.69, 9.17) is 5.73 Å². The van der Waals surface area contributed by atoms with Crippen molar-refractivity contribution in [1.82, 2.24) is 4.90 Å². The second-order valence-electron chi connectivity index (χ2n) is 5.05. The number of amides is 1. The van der Waals surface area contributed by atoms with Crippen molar-refractivity contribution in [1.29, 1.82) is 0 Å². The molecule has 0 saturated heterocycles. The van der Waals surface area contributed by atoms with E-state index in [2.05, 4.69) is 22.0 Å². The standard InChI is InChI=1S/C16H21BrN2OS/c1-2-19(13-6-4-3-5-7-13)16(20)11-21-15-9-8-12(17)10-14(15)18/h6,8-10H,2-5,7,11,18H2,1H3. The van der Waals surface area contributed by atoms with Crippen molar-refractivity contribution in [2.45, 2.75) is 37.5 Å². The van der Waals surface area contributed by atoms with Crippen LogP contribution in [0.15, 0.2) is 39.3 Å². The first-order valence-electron chi connectivity index (χ1n) is 7.29. The maximum atomic E-state index is 12.4. The van der Waals surface area contributed by atoms with Crippen LogP contribution < -0.4 is 5.73 Å². The quantitative estimate of drug-likeness (QED) is 0.617. The number of allylic oxidation sites excluding steroid dienone is 2. The van der Waals surface area contributed by atoms with Crippen LogP contribution in [0.5, 0.6) is 0 Å². The monoisotopic (exact) mass is 368 g/mol. The van der Waals surface area contributed by atoms with Gasteiger partial charge in [-0.25, -0.2) is 0 Å². The zero-order chi connectivity index (χ0) is 15.2. The summed E-state index contributed by atoms with van der Waals surface area (Å²) in [6.07, 6.45) is 6.74. The molecule has 5 heteroatoms. The van der Waals surface area contributed by atoms with Crippen LogP contribution in [0.1, 0.15) is 32.6 Å². The summed E-state index contributed by atoms with van der Waals surface area (Å²) in [7, 11) is 0. The highest BCUT2D eigenvalue weighted by Crippen LogP contribution is 2.29. The normalized spacial score (nSPS) is 14.7. The van der Waals surface area contributed by atoms with Gasteiger partial charge in [0.05, 0.1) is 5.75 Å². The fourth-order valence-corrected chi connectivity index (χ4v) is 3.68. The van der Waals surface area contributed by atoms with E-state index in [-0.39, 0.29) is 5.91 Å². The second kappa shape index (κ2) is 7.90. The summed E-state index contributed by atoms with van der Waals surface area (Å²) in [5.74, 6) is 0.592. The summed E-state index contributed by atoms with van der Waals surface area (Å²) in [4.78, 5) is 15.3. The molecule has 0 spiro atoms. The number of carbonyl (C=O) groups is 1. The molecule has 1 aromatic rings. The number of nitrogen functional groups attached to an aromatic ring is 1. The summed E-state index contributed by atoms with van der Waals surface area (Å²) in [5.41, 5.74) is 7.87. The highest BCUT2D eigenvalue weighted by atomic mass is 79.9. The topological polar surface area (TPSA) is 46.3 Å². The van der Waals surface area contributed by atoms with Crippen LogP contribution in [0.25, 0.3) is 0 Å². The number of thioether (sulfide) groups is 1. The molecule has 0 atom stereocenters. The maximum Gasteiger partial charge on any atom is 0.237 e. The van der Waals surface area contributed by atoms with Gasteiger partial charge >= 0.3 is 0 Å². The van der Waals surface area contributed by atoms with Crippen molar-refractivity contribution in [3.05, 3.63) is 34.4 Å². The highest BCUT2D eigenvalue weighted by Gasteiger charge is 2.18. The maximum absolute atomic E-state index is 12.4. The molecule has 1 aliphatic rings. The molecular formula is C16H21BrN2OS. The lowest BCUT2D eigenvalue weighted by molar-refractivity contribution is -0.126. The van der Waals surface area contributed by atoms with Crippen LogP contribution >= 0.6 is 27.7 Å².